The molecule has 26 heavy (non-hydrogen) atoms. The van der Waals surface area contributed by atoms with Gasteiger partial charge in [0.05, 0.1) is 12.2 Å². The minimum absolute atomic E-state index is 0.104. The maximum absolute atomic E-state index is 13.4. The minimum Gasteiger partial charge on any atom is -0.484 e. The number of carbonyl (C=O) groups excluding carboxylic acids is 2. The first-order valence-corrected chi connectivity index (χ1v) is 7.06. The third kappa shape index (κ3) is 4.91. The molecule has 5 nitrogen and oxygen atoms in total. The summed E-state index contributed by atoms with van der Waals surface area (Å²) in [6.07, 6.45) is 0. The molecule has 0 aliphatic carbocycles. The van der Waals surface area contributed by atoms with Gasteiger partial charge in [-0.3, -0.25) is 9.59 Å². The van der Waals surface area contributed by atoms with Gasteiger partial charge in [-0.1, -0.05) is 0 Å². The van der Waals surface area contributed by atoms with E-state index in [1.807, 2.05) is 5.32 Å². The molecule has 2 aromatic carbocycles. The number of rotatable bonds is 6. The van der Waals surface area contributed by atoms with Crippen LogP contribution >= 0.6 is 0 Å². The van der Waals surface area contributed by atoms with E-state index in [1.54, 1.807) is 0 Å². The summed E-state index contributed by atoms with van der Waals surface area (Å²) >= 11 is 0. The van der Waals surface area contributed by atoms with E-state index in [0.29, 0.717) is 6.07 Å². The molecule has 2 N–H and O–H groups in total. The Bertz CT molecular complexity index is 845. The molecule has 0 heterocycles. The predicted octanol–water partition coefficient (Wildman–Crippen LogP) is 2.52. The van der Waals surface area contributed by atoms with Crippen molar-refractivity contribution in [1.29, 1.82) is 0 Å². The Labute approximate surface area is 143 Å². The molecule has 0 saturated carbocycles. The van der Waals surface area contributed by atoms with E-state index in [0.717, 1.165) is 24.3 Å². The molecule has 2 aromatic rings. The second-order valence-electron chi connectivity index (χ2n) is 4.91. The van der Waals surface area contributed by atoms with Crippen molar-refractivity contribution in [3.8, 4) is 5.75 Å². The predicted molar refractivity (Wildman–Crippen MR) is 79.8 cm³/mol. The Morgan fingerprint density at radius 1 is 0.846 bits per heavy atom. The quantitative estimate of drug-likeness (QED) is 0.603. The van der Waals surface area contributed by atoms with Crippen molar-refractivity contribution >= 4 is 17.5 Å². The van der Waals surface area contributed by atoms with Crippen molar-refractivity contribution in [3.05, 3.63) is 59.4 Å². The van der Waals surface area contributed by atoms with Gasteiger partial charge in [-0.25, -0.2) is 22.0 Å². The van der Waals surface area contributed by atoms with Crippen LogP contribution in [0.25, 0.3) is 0 Å². The maximum atomic E-state index is 13.4. The lowest BCUT2D eigenvalue weighted by Gasteiger charge is -2.09. The normalized spacial score (nSPS) is 10.3. The molecule has 10 heteroatoms. The summed E-state index contributed by atoms with van der Waals surface area (Å²) in [4.78, 5) is 23.1. The standard InChI is InChI=1S/C16H11F5N2O3/c17-9-2-1-8(5-11(9)19)26-7-14(25)22-6-13(24)23-12-4-3-10(18)15(20)16(12)21/h1-5H,6-7H2,(H,22,25)(H,23,24). The number of hydrogen-bond donors (Lipinski definition) is 2. The van der Waals surface area contributed by atoms with Crippen molar-refractivity contribution in [3.63, 3.8) is 0 Å². The first-order valence-electron chi connectivity index (χ1n) is 7.06. The number of hydrogen-bond acceptors (Lipinski definition) is 3. The average molecular weight is 374 g/mol. The Kier molecular flexibility index (Phi) is 6.10. The molecule has 0 unspecified atom stereocenters. The largest absolute Gasteiger partial charge is 0.484 e. The van der Waals surface area contributed by atoms with Crippen LogP contribution in [0, 0.1) is 29.1 Å². The van der Waals surface area contributed by atoms with Crippen LogP contribution in [0.5, 0.6) is 5.75 Å². The molecule has 2 rings (SSSR count). The van der Waals surface area contributed by atoms with E-state index in [2.05, 4.69) is 5.32 Å². The third-order valence-corrected chi connectivity index (χ3v) is 3.02. The van der Waals surface area contributed by atoms with Crippen LogP contribution in [0.3, 0.4) is 0 Å². The van der Waals surface area contributed by atoms with Gasteiger partial charge in [0.2, 0.25) is 5.91 Å². The number of benzene rings is 2. The highest BCUT2D eigenvalue weighted by atomic mass is 19.2. The minimum atomic E-state index is -1.74. The number of ether oxygens (including phenoxy) is 1. The molecular formula is C16H11F5N2O3. The second kappa shape index (κ2) is 8.28. The molecule has 0 bridgehead atoms. The van der Waals surface area contributed by atoms with Crippen LogP contribution in [-0.2, 0) is 9.59 Å². The van der Waals surface area contributed by atoms with Gasteiger partial charge in [0.25, 0.3) is 5.91 Å². The highest BCUT2D eigenvalue weighted by Gasteiger charge is 2.15. The average Bonchev–Trinajstić information content (AvgIpc) is 2.61. The van der Waals surface area contributed by atoms with Crippen molar-refractivity contribution in [2.45, 2.75) is 0 Å². The summed E-state index contributed by atoms with van der Waals surface area (Å²) in [6.45, 7) is -1.21. The van der Waals surface area contributed by atoms with Gasteiger partial charge in [0.15, 0.2) is 35.7 Å². The van der Waals surface area contributed by atoms with Crippen LogP contribution in [0.1, 0.15) is 0 Å². The van der Waals surface area contributed by atoms with Gasteiger partial charge in [0, 0.05) is 6.07 Å². The van der Waals surface area contributed by atoms with Crippen molar-refractivity contribution in [2.75, 3.05) is 18.5 Å². The molecule has 0 aromatic heterocycles. The van der Waals surface area contributed by atoms with E-state index in [1.165, 1.54) is 0 Å². The zero-order valence-corrected chi connectivity index (χ0v) is 12.9. The van der Waals surface area contributed by atoms with Crippen LogP contribution < -0.4 is 15.4 Å². The number of amides is 2. The zero-order chi connectivity index (χ0) is 19.3. The van der Waals surface area contributed by atoms with E-state index >= 15 is 0 Å². The smallest absolute Gasteiger partial charge is 0.258 e. The van der Waals surface area contributed by atoms with E-state index in [-0.39, 0.29) is 5.75 Å². The fourth-order valence-electron chi connectivity index (χ4n) is 1.76. The first-order chi connectivity index (χ1) is 12.3. The summed E-state index contributed by atoms with van der Waals surface area (Å²) in [7, 11) is 0. The summed E-state index contributed by atoms with van der Waals surface area (Å²) in [5.74, 6) is -8.76. The molecule has 2 amide bonds. The van der Waals surface area contributed by atoms with E-state index in [4.69, 9.17) is 4.74 Å². The Hall–Kier alpha value is -3.17. The highest BCUT2D eigenvalue weighted by molar-refractivity contribution is 5.94. The Morgan fingerprint density at radius 2 is 1.54 bits per heavy atom. The van der Waals surface area contributed by atoms with Gasteiger partial charge in [-0.2, -0.15) is 0 Å². The van der Waals surface area contributed by atoms with Gasteiger partial charge in [-0.05, 0) is 24.3 Å². The van der Waals surface area contributed by atoms with Gasteiger partial charge >= 0.3 is 0 Å². The fraction of sp³-hybridized carbons (Fsp3) is 0.125. The Morgan fingerprint density at radius 3 is 2.23 bits per heavy atom. The zero-order valence-electron chi connectivity index (χ0n) is 12.9. The monoisotopic (exact) mass is 374 g/mol. The molecule has 0 radical (unpaired) electrons. The number of nitrogens with one attached hydrogen (secondary N) is 2. The molecule has 0 fully saturated rings. The van der Waals surface area contributed by atoms with Gasteiger partial charge in [-0.15, -0.1) is 0 Å². The number of halogens is 5. The molecule has 0 spiro atoms. The summed E-state index contributed by atoms with van der Waals surface area (Å²) in [6, 6.07) is 4.10. The lowest BCUT2D eigenvalue weighted by molar-refractivity contribution is -0.125. The van der Waals surface area contributed by atoms with Crippen LogP contribution in [0.2, 0.25) is 0 Å². The Balaban J connectivity index is 1.80. The molecule has 0 aliphatic heterocycles. The maximum Gasteiger partial charge on any atom is 0.258 e. The third-order valence-electron chi connectivity index (χ3n) is 3.02. The van der Waals surface area contributed by atoms with Crippen LogP contribution in [0.15, 0.2) is 30.3 Å². The second-order valence-corrected chi connectivity index (χ2v) is 4.91. The van der Waals surface area contributed by atoms with Gasteiger partial charge < -0.3 is 15.4 Å². The van der Waals surface area contributed by atoms with Gasteiger partial charge in [0.1, 0.15) is 5.75 Å². The number of anilines is 1. The lowest BCUT2D eigenvalue weighted by Crippen LogP contribution is -2.36. The molecule has 0 atom stereocenters. The number of carbonyl (C=O) groups is 2. The van der Waals surface area contributed by atoms with Crippen molar-refractivity contribution in [1.82, 2.24) is 5.32 Å². The lowest BCUT2D eigenvalue weighted by atomic mass is 10.2. The van der Waals surface area contributed by atoms with E-state index in [9.17, 15) is 31.5 Å². The SMILES string of the molecule is O=C(COc1ccc(F)c(F)c1)NCC(=O)Nc1ccc(F)c(F)c1F. The molecule has 0 saturated heterocycles. The summed E-state index contributed by atoms with van der Waals surface area (Å²) in [5, 5.41) is 4.06. The molecule has 0 aliphatic rings. The van der Waals surface area contributed by atoms with Crippen molar-refractivity contribution < 1.29 is 36.3 Å². The van der Waals surface area contributed by atoms with Crippen molar-refractivity contribution in [2.24, 2.45) is 0 Å². The topological polar surface area (TPSA) is 67.4 Å². The fourth-order valence-corrected chi connectivity index (χ4v) is 1.76. The first kappa shape index (κ1) is 19.2. The summed E-state index contributed by atoms with van der Waals surface area (Å²) in [5.41, 5.74) is -0.596. The van der Waals surface area contributed by atoms with Crippen LogP contribution in [0.4, 0.5) is 27.6 Å². The molecular weight excluding hydrogens is 363 g/mol. The van der Waals surface area contributed by atoms with E-state index < -0.39 is 59.7 Å². The van der Waals surface area contributed by atoms with Crippen LogP contribution in [-0.4, -0.2) is 25.0 Å². The molecule has 138 valence electrons. The highest BCUT2D eigenvalue weighted by Crippen LogP contribution is 2.19. The summed E-state index contributed by atoms with van der Waals surface area (Å²) < 4.78 is 69.8.